The second-order valence-electron chi connectivity index (χ2n) is 5.17. The van der Waals surface area contributed by atoms with E-state index in [-0.39, 0.29) is 0 Å². The summed E-state index contributed by atoms with van der Waals surface area (Å²) in [5, 5.41) is 7.90. The lowest BCUT2D eigenvalue weighted by Gasteiger charge is -2.23. The van der Waals surface area contributed by atoms with E-state index in [2.05, 4.69) is 40.3 Å². The first-order valence-electron chi connectivity index (χ1n) is 5.83. The summed E-state index contributed by atoms with van der Waals surface area (Å²) in [5.41, 5.74) is 2.87. The quantitative estimate of drug-likeness (QED) is 0.921. The third-order valence-electron chi connectivity index (χ3n) is 3.89. The predicted octanol–water partition coefficient (Wildman–Crippen LogP) is 2.42. The number of aromatic nitrogens is 2. The molecule has 0 bridgehead atoms. The minimum absolute atomic E-state index is 0.492. The summed E-state index contributed by atoms with van der Waals surface area (Å²) in [5.74, 6) is 0. The van der Waals surface area contributed by atoms with Crippen LogP contribution in [0, 0.1) is 12.3 Å². The number of aryl methyl sites for hydroxylation is 2. The van der Waals surface area contributed by atoms with Crippen LogP contribution in [0.5, 0.6) is 0 Å². The molecule has 1 aliphatic rings. The van der Waals surface area contributed by atoms with Crippen molar-refractivity contribution in [1.82, 2.24) is 15.1 Å². The first-order chi connectivity index (χ1) is 7.48. The Hall–Kier alpha value is -0.350. The summed E-state index contributed by atoms with van der Waals surface area (Å²) in [6.07, 6.45) is 3.73. The Labute approximate surface area is 106 Å². The molecule has 2 rings (SSSR count). The van der Waals surface area contributed by atoms with E-state index in [1.54, 1.807) is 0 Å². The van der Waals surface area contributed by atoms with Gasteiger partial charge in [-0.05, 0) is 48.2 Å². The average Bonchev–Trinajstić information content (AvgIpc) is 2.92. The number of nitrogens with zero attached hydrogens (tertiary/aromatic N) is 2. The van der Waals surface area contributed by atoms with Crippen LogP contribution >= 0.6 is 15.9 Å². The summed E-state index contributed by atoms with van der Waals surface area (Å²) >= 11 is 3.63. The van der Waals surface area contributed by atoms with Crippen LogP contribution in [0.3, 0.4) is 0 Å². The normalized spacial score (nSPS) is 19.8. The summed E-state index contributed by atoms with van der Waals surface area (Å²) < 4.78 is 3.16. The van der Waals surface area contributed by atoms with Crippen molar-refractivity contribution in [3.05, 3.63) is 15.9 Å². The molecule has 0 aliphatic heterocycles. The lowest BCUT2D eigenvalue weighted by Crippen LogP contribution is -2.36. The lowest BCUT2D eigenvalue weighted by molar-refractivity contribution is 0.369. The number of halogens is 1. The molecule has 1 unspecified atom stereocenters. The minimum Gasteiger partial charge on any atom is -0.316 e. The van der Waals surface area contributed by atoms with E-state index in [4.69, 9.17) is 0 Å². The zero-order chi connectivity index (χ0) is 11.9. The number of hydrogen-bond acceptors (Lipinski definition) is 2. The van der Waals surface area contributed by atoms with Crippen LogP contribution in [0.2, 0.25) is 0 Å². The van der Waals surface area contributed by atoms with Crippen LogP contribution in [0.25, 0.3) is 0 Å². The Kier molecular flexibility index (Phi) is 3.14. The zero-order valence-corrected chi connectivity index (χ0v) is 12.1. The molecule has 1 fully saturated rings. The van der Waals surface area contributed by atoms with Crippen LogP contribution in [0.1, 0.15) is 31.2 Å². The van der Waals surface area contributed by atoms with Gasteiger partial charge in [-0.15, -0.1) is 0 Å². The van der Waals surface area contributed by atoms with E-state index in [9.17, 15) is 0 Å². The number of nitrogens with one attached hydrogen (secondary N) is 1. The van der Waals surface area contributed by atoms with Gasteiger partial charge in [0, 0.05) is 19.5 Å². The molecule has 1 saturated carbocycles. The summed E-state index contributed by atoms with van der Waals surface area (Å²) in [7, 11) is 4.08. The largest absolute Gasteiger partial charge is 0.316 e. The maximum Gasteiger partial charge on any atom is 0.0738 e. The molecule has 1 aliphatic carbocycles. The van der Waals surface area contributed by atoms with Crippen LogP contribution in [0.15, 0.2) is 4.47 Å². The van der Waals surface area contributed by atoms with E-state index in [0.29, 0.717) is 11.5 Å². The van der Waals surface area contributed by atoms with Gasteiger partial charge in [0.2, 0.25) is 0 Å². The van der Waals surface area contributed by atoms with E-state index in [0.717, 1.165) is 12.1 Å². The number of rotatable bonds is 4. The van der Waals surface area contributed by atoms with Gasteiger partial charge < -0.3 is 5.32 Å². The molecule has 1 aromatic rings. The fraction of sp³-hybridized carbons (Fsp3) is 0.750. The molecule has 0 spiro atoms. The zero-order valence-electron chi connectivity index (χ0n) is 10.5. The first kappa shape index (κ1) is 12.1. The topological polar surface area (TPSA) is 29.9 Å². The molecule has 0 radical (unpaired) electrons. The molecule has 90 valence electrons. The van der Waals surface area contributed by atoms with E-state index in [1.165, 1.54) is 23.0 Å². The molecule has 0 saturated heterocycles. The SMILES string of the molecule is CNC(Cc1c(Br)c(C)nn1C)C1(C)CC1. The third-order valence-corrected chi connectivity index (χ3v) is 4.92. The Morgan fingerprint density at radius 3 is 2.56 bits per heavy atom. The maximum atomic E-state index is 4.44. The molecular formula is C12H20BrN3. The van der Waals surface area contributed by atoms with Gasteiger partial charge in [0.1, 0.15) is 0 Å². The first-order valence-corrected chi connectivity index (χ1v) is 6.62. The van der Waals surface area contributed by atoms with Crippen LogP contribution < -0.4 is 5.32 Å². The van der Waals surface area contributed by atoms with E-state index in [1.807, 2.05) is 18.7 Å². The lowest BCUT2D eigenvalue weighted by atomic mass is 9.94. The van der Waals surface area contributed by atoms with Crippen molar-refractivity contribution in [2.75, 3.05) is 7.05 Å². The van der Waals surface area contributed by atoms with Gasteiger partial charge >= 0.3 is 0 Å². The summed E-state index contributed by atoms with van der Waals surface area (Å²) in [6, 6.07) is 0.554. The van der Waals surface area contributed by atoms with Gasteiger partial charge in [-0.3, -0.25) is 4.68 Å². The Morgan fingerprint density at radius 1 is 1.56 bits per heavy atom. The standard InChI is InChI=1S/C12H20BrN3/c1-8-11(13)9(16(4)15-8)7-10(14-3)12(2)5-6-12/h10,14H,5-7H2,1-4H3. The summed E-state index contributed by atoms with van der Waals surface area (Å²) in [6.45, 7) is 4.41. The Morgan fingerprint density at radius 2 is 2.19 bits per heavy atom. The Balaban J connectivity index is 2.19. The second kappa shape index (κ2) is 4.15. The van der Waals surface area contributed by atoms with Crippen LogP contribution in [-0.4, -0.2) is 22.9 Å². The number of likely N-dealkylation sites (N-methyl/N-ethyl adjacent to an activating group) is 1. The van der Waals surface area contributed by atoms with Gasteiger partial charge in [-0.1, -0.05) is 6.92 Å². The van der Waals surface area contributed by atoms with E-state index >= 15 is 0 Å². The van der Waals surface area contributed by atoms with Crippen molar-refractivity contribution in [2.24, 2.45) is 12.5 Å². The molecule has 1 atom stereocenters. The molecule has 1 aromatic heterocycles. The molecule has 0 aromatic carbocycles. The van der Waals surface area contributed by atoms with Gasteiger partial charge in [0.05, 0.1) is 15.9 Å². The van der Waals surface area contributed by atoms with Gasteiger partial charge in [0.25, 0.3) is 0 Å². The van der Waals surface area contributed by atoms with Crippen molar-refractivity contribution in [3.8, 4) is 0 Å². The smallest absolute Gasteiger partial charge is 0.0738 e. The van der Waals surface area contributed by atoms with Gasteiger partial charge in [-0.2, -0.15) is 5.10 Å². The van der Waals surface area contributed by atoms with Crippen molar-refractivity contribution in [2.45, 2.75) is 39.2 Å². The van der Waals surface area contributed by atoms with Gasteiger partial charge in [-0.25, -0.2) is 0 Å². The molecule has 16 heavy (non-hydrogen) atoms. The molecular weight excluding hydrogens is 266 g/mol. The highest BCUT2D eigenvalue weighted by Gasteiger charge is 2.44. The molecule has 1 N–H and O–H groups in total. The monoisotopic (exact) mass is 285 g/mol. The van der Waals surface area contributed by atoms with Crippen molar-refractivity contribution < 1.29 is 0 Å². The Bertz CT molecular complexity index is 393. The second-order valence-corrected chi connectivity index (χ2v) is 5.96. The average molecular weight is 286 g/mol. The predicted molar refractivity (Wildman–Crippen MR) is 69.5 cm³/mol. The highest BCUT2D eigenvalue weighted by atomic mass is 79.9. The molecule has 0 amide bonds. The molecule has 3 nitrogen and oxygen atoms in total. The van der Waals surface area contributed by atoms with Crippen LogP contribution in [0.4, 0.5) is 0 Å². The minimum atomic E-state index is 0.492. The highest BCUT2D eigenvalue weighted by Crippen LogP contribution is 2.49. The van der Waals surface area contributed by atoms with Gasteiger partial charge in [0.15, 0.2) is 0 Å². The summed E-state index contributed by atoms with van der Waals surface area (Å²) in [4.78, 5) is 0. The van der Waals surface area contributed by atoms with Crippen LogP contribution in [-0.2, 0) is 13.5 Å². The number of hydrogen-bond donors (Lipinski definition) is 1. The molecule has 1 heterocycles. The third kappa shape index (κ3) is 2.05. The highest BCUT2D eigenvalue weighted by molar-refractivity contribution is 9.10. The molecule has 4 heteroatoms. The van der Waals surface area contributed by atoms with Crippen molar-refractivity contribution in [1.29, 1.82) is 0 Å². The van der Waals surface area contributed by atoms with Crippen molar-refractivity contribution in [3.63, 3.8) is 0 Å². The fourth-order valence-electron chi connectivity index (χ4n) is 2.34. The maximum absolute atomic E-state index is 4.44. The van der Waals surface area contributed by atoms with E-state index < -0.39 is 0 Å². The van der Waals surface area contributed by atoms with Crippen molar-refractivity contribution >= 4 is 15.9 Å². The fourth-order valence-corrected chi connectivity index (χ4v) is 2.84.